The molecule has 4 rings (SSSR count). The number of benzene rings is 1. The number of pyridine rings is 2. The number of aromatic nitrogens is 3. The lowest BCUT2D eigenvalue weighted by Crippen LogP contribution is -2.02. The van der Waals surface area contributed by atoms with Crippen molar-refractivity contribution in [3.05, 3.63) is 78.0 Å². The fraction of sp³-hybridized carbons (Fsp3) is 0.100. The Morgan fingerprint density at radius 1 is 1.12 bits per heavy atom. The van der Waals surface area contributed by atoms with Crippen molar-refractivity contribution in [2.45, 2.75) is 13.5 Å². The molecule has 2 N–H and O–H groups in total. The quantitative estimate of drug-likeness (QED) is 0.570. The van der Waals surface area contributed by atoms with Gasteiger partial charge in [-0.25, -0.2) is 9.37 Å². The summed E-state index contributed by atoms with van der Waals surface area (Å²) in [5, 5.41) is 4.30. The molecule has 0 fully saturated rings. The number of hydrogen-bond acceptors (Lipinski definition) is 3. The molecule has 4 nitrogen and oxygen atoms in total. The van der Waals surface area contributed by atoms with Crippen molar-refractivity contribution in [3.63, 3.8) is 0 Å². The minimum atomic E-state index is -0.244. The third kappa shape index (κ3) is 3.08. The number of nitrogens with zero attached hydrogens (tertiary/aromatic N) is 2. The molecule has 0 radical (unpaired) electrons. The number of anilines is 1. The van der Waals surface area contributed by atoms with E-state index in [4.69, 9.17) is 0 Å². The number of H-pyrrole nitrogens is 1. The van der Waals surface area contributed by atoms with E-state index in [1.807, 2.05) is 43.6 Å². The van der Waals surface area contributed by atoms with Gasteiger partial charge in [-0.05, 0) is 59.5 Å². The summed E-state index contributed by atoms with van der Waals surface area (Å²) in [7, 11) is 0. The van der Waals surface area contributed by atoms with Gasteiger partial charge in [0.2, 0.25) is 0 Å². The molecule has 0 aliphatic rings. The third-order valence-electron chi connectivity index (χ3n) is 4.21. The van der Waals surface area contributed by atoms with Crippen molar-refractivity contribution >= 4 is 16.9 Å². The van der Waals surface area contributed by atoms with Crippen molar-refractivity contribution in [3.8, 4) is 11.1 Å². The van der Waals surface area contributed by atoms with Crippen LogP contribution in [-0.4, -0.2) is 15.0 Å². The molecule has 25 heavy (non-hydrogen) atoms. The van der Waals surface area contributed by atoms with Crippen LogP contribution in [0.3, 0.4) is 0 Å². The number of aromatic amines is 1. The molecule has 0 bridgehead atoms. The van der Waals surface area contributed by atoms with Crippen LogP contribution < -0.4 is 5.32 Å². The van der Waals surface area contributed by atoms with Crippen molar-refractivity contribution in [1.29, 1.82) is 0 Å². The topological polar surface area (TPSA) is 53.6 Å². The number of fused-ring (bicyclic) bond motifs is 1. The van der Waals surface area contributed by atoms with E-state index >= 15 is 0 Å². The van der Waals surface area contributed by atoms with Crippen LogP contribution in [0.15, 0.2) is 61.1 Å². The molecule has 0 saturated carbocycles. The number of halogens is 1. The fourth-order valence-corrected chi connectivity index (χ4v) is 2.93. The second-order valence-corrected chi connectivity index (χ2v) is 5.97. The second kappa shape index (κ2) is 6.36. The van der Waals surface area contributed by atoms with Crippen LogP contribution in [0.25, 0.3) is 22.2 Å². The maximum absolute atomic E-state index is 13.8. The average Bonchev–Trinajstić information content (AvgIpc) is 3.11. The van der Waals surface area contributed by atoms with Crippen LogP contribution in [-0.2, 0) is 6.54 Å². The molecule has 0 unspecified atom stereocenters. The Balaban J connectivity index is 1.76. The van der Waals surface area contributed by atoms with Crippen molar-refractivity contribution < 1.29 is 4.39 Å². The van der Waals surface area contributed by atoms with E-state index in [1.54, 1.807) is 18.3 Å². The maximum Gasteiger partial charge on any atom is 0.140 e. The van der Waals surface area contributed by atoms with Crippen LogP contribution in [0.2, 0.25) is 0 Å². The molecule has 0 spiro atoms. The summed E-state index contributed by atoms with van der Waals surface area (Å²) in [5.74, 6) is 0.489. The molecular formula is C20H17FN4. The first kappa shape index (κ1) is 15.3. The highest BCUT2D eigenvalue weighted by Gasteiger charge is 2.12. The van der Waals surface area contributed by atoms with E-state index in [0.717, 1.165) is 39.1 Å². The second-order valence-electron chi connectivity index (χ2n) is 5.97. The molecule has 0 aliphatic carbocycles. The Bertz CT molecular complexity index is 1020. The van der Waals surface area contributed by atoms with Gasteiger partial charge in [-0.3, -0.25) is 4.98 Å². The van der Waals surface area contributed by atoms with Gasteiger partial charge < -0.3 is 10.3 Å². The molecule has 5 heteroatoms. The molecule has 0 amide bonds. The largest absolute Gasteiger partial charge is 0.366 e. The highest BCUT2D eigenvalue weighted by Crippen LogP contribution is 2.32. The fourth-order valence-electron chi connectivity index (χ4n) is 2.93. The molecule has 0 atom stereocenters. The summed E-state index contributed by atoms with van der Waals surface area (Å²) in [4.78, 5) is 11.9. The van der Waals surface area contributed by atoms with Crippen molar-refractivity contribution in [1.82, 2.24) is 15.0 Å². The number of hydrogen-bond donors (Lipinski definition) is 2. The zero-order chi connectivity index (χ0) is 17.2. The van der Waals surface area contributed by atoms with Crippen molar-refractivity contribution in [2.24, 2.45) is 0 Å². The number of nitrogens with one attached hydrogen (secondary N) is 2. The van der Waals surface area contributed by atoms with Gasteiger partial charge in [-0.1, -0.05) is 12.1 Å². The first-order valence-electron chi connectivity index (χ1n) is 8.08. The third-order valence-corrected chi connectivity index (χ3v) is 4.21. The van der Waals surface area contributed by atoms with Gasteiger partial charge in [-0.2, -0.15) is 0 Å². The Labute approximate surface area is 144 Å². The summed E-state index contributed by atoms with van der Waals surface area (Å²) < 4.78 is 13.8. The lowest BCUT2D eigenvalue weighted by Gasteiger charge is -2.11. The summed E-state index contributed by atoms with van der Waals surface area (Å²) >= 11 is 0. The van der Waals surface area contributed by atoms with E-state index in [1.165, 1.54) is 6.07 Å². The van der Waals surface area contributed by atoms with Crippen molar-refractivity contribution in [2.75, 3.05) is 5.32 Å². The number of aryl methyl sites for hydroxylation is 1. The molecular weight excluding hydrogens is 315 g/mol. The van der Waals surface area contributed by atoms with E-state index in [2.05, 4.69) is 20.3 Å². The Morgan fingerprint density at radius 2 is 2.04 bits per heavy atom. The SMILES string of the molecule is Cc1ccc(F)cc1-c1cc(NCc2cccnc2)nc2[nH]ccc12. The molecule has 0 aliphatic heterocycles. The van der Waals surface area contributed by atoms with Crippen LogP contribution >= 0.6 is 0 Å². The standard InChI is InChI=1S/C20H17FN4/c1-13-4-5-15(21)9-17(13)18-10-19(25-20-16(18)6-8-23-20)24-12-14-3-2-7-22-11-14/h2-11H,12H2,1H3,(H2,23,24,25). The summed E-state index contributed by atoms with van der Waals surface area (Å²) in [6.07, 6.45) is 5.41. The average molecular weight is 332 g/mol. The molecule has 124 valence electrons. The van der Waals surface area contributed by atoms with Gasteiger partial charge in [-0.15, -0.1) is 0 Å². The van der Waals surface area contributed by atoms with E-state index in [0.29, 0.717) is 6.54 Å². The smallest absolute Gasteiger partial charge is 0.140 e. The molecule has 1 aromatic carbocycles. The van der Waals surface area contributed by atoms with Gasteiger partial charge in [0.1, 0.15) is 17.3 Å². The number of rotatable bonds is 4. The molecule has 3 heterocycles. The Morgan fingerprint density at radius 3 is 2.88 bits per heavy atom. The zero-order valence-corrected chi connectivity index (χ0v) is 13.8. The first-order valence-corrected chi connectivity index (χ1v) is 8.08. The zero-order valence-electron chi connectivity index (χ0n) is 13.8. The van der Waals surface area contributed by atoms with E-state index < -0.39 is 0 Å². The van der Waals surface area contributed by atoms with Gasteiger partial charge >= 0.3 is 0 Å². The van der Waals surface area contributed by atoms with Gasteiger partial charge in [0.05, 0.1) is 0 Å². The highest BCUT2D eigenvalue weighted by atomic mass is 19.1. The molecule has 3 aromatic heterocycles. The maximum atomic E-state index is 13.8. The van der Waals surface area contributed by atoms with Crippen LogP contribution in [0.5, 0.6) is 0 Å². The van der Waals surface area contributed by atoms with Crippen LogP contribution in [0, 0.1) is 12.7 Å². The lowest BCUT2D eigenvalue weighted by molar-refractivity contribution is 0.628. The lowest BCUT2D eigenvalue weighted by atomic mass is 9.98. The van der Waals surface area contributed by atoms with E-state index in [9.17, 15) is 4.39 Å². The normalized spacial score (nSPS) is 11.0. The Kier molecular flexibility index (Phi) is 3.90. The predicted octanol–water partition coefficient (Wildman–Crippen LogP) is 4.68. The summed E-state index contributed by atoms with van der Waals surface area (Å²) in [6, 6.07) is 12.7. The monoisotopic (exact) mass is 332 g/mol. The van der Waals surface area contributed by atoms with Gasteiger partial charge in [0, 0.05) is 30.5 Å². The highest BCUT2D eigenvalue weighted by molar-refractivity contribution is 5.95. The van der Waals surface area contributed by atoms with Crippen LogP contribution in [0.1, 0.15) is 11.1 Å². The predicted molar refractivity (Wildman–Crippen MR) is 97.8 cm³/mol. The molecule has 4 aromatic rings. The molecule has 0 saturated heterocycles. The minimum absolute atomic E-state index is 0.244. The summed E-state index contributed by atoms with van der Waals surface area (Å²) in [5.41, 5.74) is 4.69. The van der Waals surface area contributed by atoms with Gasteiger partial charge in [0.25, 0.3) is 0 Å². The Hall–Kier alpha value is -3.21. The summed E-state index contributed by atoms with van der Waals surface area (Å²) in [6.45, 7) is 2.60. The first-order chi connectivity index (χ1) is 12.2. The van der Waals surface area contributed by atoms with E-state index in [-0.39, 0.29) is 5.82 Å². The minimum Gasteiger partial charge on any atom is -0.366 e. The van der Waals surface area contributed by atoms with Gasteiger partial charge in [0.15, 0.2) is 0 Å². The van der Waals surface area contributed by atoms with Crippen LogP contribution in [0.4, 0.5) is 10.2 Å².